The zero-order valence-electron chi connectivity index (χ0n) is 35.4. The quantitative estimate of drug-likeness (QED) is 0.0479. The van der Waals surface area contributed by atoms with E-state index in [2.05, 4.69) is 0 Å². The molecule has 6 rings (SSSR count). The third-order valence-electron chi connectivity index (χ3n) is 11.8. The van der Waals surface area contributed by atoms with Crippen molar-refractivity contribution in [1.29, 1.82) is 0 Å². The van der Waals surface area contributed by atoms with Crippen molar-refractivity contribution in [2.45, 2.75) is 144 Å². The Morgan fingerprint density at radius 2 is 1.17 bits per heavy atom. The minimum Gasteiger partial charge on any atom is -0.504 e. The molecule has 2 aromatic carbocycles. The number of esters is 1. The largest absolute Gasteiger partial charge is 0.504 e. The van der Waals surface area contributed by atoms with Crippen LogP contribution in [0.25, 0.3) is 6.08 Å². The van der Waals surface area contributed by atoms with Gasteiger partial charge in [0.15, 0.2) is 54.3 Å². The lowest BCUT2D eigenvalue weighted by Crippen LogP contribution is -2.66. The highest BCUT2D eigenvalue weighted by Gasteiger charge is 2.55. The molecule has 0 aliphatic carbocycles. The predicted octanol–water partition coefficient (Wildman–Crippen LogP) is -3.06. The highest BCUT2D eigenvalue weighted by Crippen LogP contribution is 2.36. The number of carbonyl (C=O) groups is 1. The topological polar surface area (TPSA) is 363 Å². The molecule has 20 atom stereocenters. The summed E-state index contributed by atoms with van der Waals surface area (Å²) >= 11 is 0. The first-order valence-electron chi connectivity index (χ1n) is 20.9. The molecule has 4 aliphatic heterocycles. The normalized spacial score (nSPS) is 40.2. The standard InChI is InChI=1S/C42H58O23/c1-16-28(49)25(14-43)61-39(29(16)50)58-15-26-36(63-27(48)9-6-19-4-7-21(44)23(46)12-19)38(35(56)40(62-26)57-11-10-20-5-8-22(45)24(47)13-20)65-42-34(55)37(31(52)18(3)60-42)64-41-33(54)32(53)30(51)17(2)59-41/h4-9,12-13,16-18,25-26,28-47,49-56H,10-11,14-15H2,1-3H3/b9-6+/t16-,17?,18?,25?,26?,28-,29?,30-,31-,32-,33?,34?,35?,36+,37-,38+,39+,40+,41-,42-/m0/s1. The van der Waals surface area contributed by atoms with E-state index in [1.165, 1.54) is 57.2 Å². The SMILES string of the molecule is CC1O[C@@H](O[C@@H]2C(O)[C@H](O[C@@H]3C(O)[C@H](OCCc4ccc(O)c(O)c4)OC(CO[C@@H]4OC(CO)[C@@H](O)[C@H](C)C4O)[C@H]3OC(=O)/C=C/c3ccc(O)c(O)c3)OC(C)[C@@H]2O)C(O)[C@@H](O)[C@H]1O. The van der Waals surface area contributed by atoms with E-state index in [0.29, 0.717) is 5.56 Å². The number of hydrogen-bond acceptors (Lipinski definition) is 23. The fraction of sp³-hybridized carbons (Fsp3) is 0.643. The molecule has 364 valence electrons. The van der Waals surface area contributed by atoms with E-state index in [9.17, 15) is 71.2 Å². The van der Waals surface area contributed by atoms with Gasteiger partial charge in [0.1, 0.15) is 67.1 Å². The molecule has 0 saturated carbocycles. The van der Waals surface area contributed by atoms with Crippen LogP contribution in [0.3, 0.4) is 0 Å². The van der Waals surface area contributed by atoms with Gasteiger partial charge in [0.05, 0.1) is 38.1 Å². The number of phenolic OH excluding ortho intramolecular Hbond substituents is 4. The van der Waals surface area contributed by atoms with Gasteiger partial charge in [-0.3, -0.25) is 0 Å². The van der Waals surface area contributed by atoms with Gasteiger partial charge in [-0.2, -0.15) is 0 Å². The van der Waals surface area contributed by atoms with Crippen molar-refractivity contribution in [1.82, 2.24) is 0 Å². The molecule has 65 heavy (non-hydrogen) atoms. The Morgan fingerprint density at radius 3 is 1.83 bits per heavy atom. The Balaban J connectivity index is 1.31. The first-order chi connectivity index (χ1) is 30.8. The Labute approximate surface area is 371 Å². The van der Waals surface area contributed by atoms with Crippen LogP contribution in [0, 0.1) is 5.92 Å². The van der Waals surface area contributed by atoms with Crippen molar-refractivity contribution >= 4 is 12.0 Å². The minimum atomic E-state index is -1.98. The number of aromatic hydroxyl groups is 4. The molecule has 4 heterocycles. The fourth-order valence-corrected chi connectivity index (χ4v) is 7.77. The van der Waals surface area contributed by atoms with Crippen molar-refractivity contribution in [3.05, 3.63) is 53.6 Å². The van der Waals surface area contributed by atoms with Crippen molar-refractivity contribution in [3.63, 3.8) is 0 Å². The summed E-state index contributed by atoms with van der Waals surface area (Å²) in [5.41, 5.74) is 0.747. The van der Waals surface area contributed by atoms with E-state index in [-0.39, 0.29) is 24.3 Å². The van der Waals surface area contributed by atoms with Crippen molar-refractivity contribution in [2.24, 2.45) is 5.92 Å². The maximum atomic E-state index is 13.6. The monoisotopic (exact) mass is 930 g/mol. The zero-order valence-corrected chi connectivity index (χ0v) is 35.4. The van der Waals surface area contributed by atoms with Crippen molar-refractivity contribution < 1.29 is 114 Å². The van der Waals surface area contributed by atoms with Gasteiger partial charge in [0.2, 0.25) is 0 Å². The predicted molar refractivity (Wildman–Crippen MR) is 214 cm³/mol. The van der Waals surface area contributed by atoms with Crippen LogP contribution < -0.4 is 0 Å². The number of ether oxygens (including phenoxy) is 9. The minimum absolute atomic E-state index is 0.0896. The third kappa shape index (κ3) is 11.7. The number of carbonyl (C=O) groups excluding carboxylic acids is 1. The lowest BCUT2D eigenvalue weighted by Gasteiger charge is -2.48. The van der Waals surface area contributed by atoms with Gasteiger partial charge >= 0.3 is 5.97 Å². The van der Waals surface area contributed by atoms with Crippen LogP contribution in [-0.4, -0.2) is 209 Å². The lowest BCUT2D eigenvalue weighted by atomic mass is 9.91. The second kappa shape index (κ2) is 21.9. The maximum Gasteiger partial charge on any atom is 0.331 e. The van der Waals surface area contributed by atoms with E-state index in [4.69, 9.17) is 42.6 Å². The van der Waals surface area contributed by atoms with Gasteiger partial charge in [0.25, 0.3) is 0 Å². The molecular weight excluding hydrogens is 872 g/mol. The van der Waals surface area contributed by atoms with Crippen LogP contribution in [-0.2, 0) is 53.8 Å². The van der Waals surface area contributed by atoms with Crippen LogP contribution in [0.2, 0.25) is 0 Å². The molecule has 23 nitrogen and oxygen atoms in total. The van der Waals surface area contributed by atoms with Crippen LogP contribution in [0.5, 0.6) is 23.0 Å². The Hall–Kier alpha value is -3.83. The fourth-order valence-electron chi connectivity index (χ4n) is 7.77. The first-order valence-corrected chi connectivity index (χ1v) is 20.9. The maximum absolute atomic E-state index is 13.6. The summed E-state index contributed by atoms with van der Waals surface area (Å²) in [7, 11) is 0. The van der Waals surface area contributed by atoms with Crippen LogP contribution >= 0.6 is 0 Å². The highest BCUT2D eigenvalue weighted by molar-refractivity contribution is 5.87. The van der Waals surface area contributed by atoms with Gasteiger partial charge < -0.3 is 109 Å². The zero-order chi connectivity index (χ0) is 47.4. The summed E-state index contributed by atoms with van der Waals surface area (Å²) in [6.45, 7) is 2.78. The number of phenols is 4. The molecule has 8 unspecified atom stereocenters. The molecule has 23 heteroatoms. The summed E-state index contributed by atoms with van der Waals surface area (Å²) in [5, 5.41) is 137. The number of aliphatic hydroxyl groups excluding tert-OH is 9. The summed E-state index contributed by atoms with van der Waals surface area (Å²) in [6, 6.07) is 7.75. The average Bonchev–Trinajstić information content (AvgIpc) is 3.27. The van der Waals surface area contributed by atoms with E-state index in [1.807, 2.05) is 0 Å². The van der Waals surface area contributed by atoms with Crippen LogP contribution in [0.15, 0.2) is 42.5 Å². The smallest absolute Gasteiger partial charge is 0.331 e. The molecule has 0 radical (unpaired) electrons. The first kappa shape index (κ1) is 50.6. The molecule has 4 fully saturated rings. The number of rotatable bonds is 15. The number of aliphatic hydroxyl groups is 9. The van der Waals surface area contributed by atoms with Gasteiger partial charge in [-0.1, -0.05) is 19.1 Å². The van der Waals surface area contributed by atoms with Gasteiger partial charge in [-0.15, -0.1) is 0 Å². The van der Waals surface area contributed by atoms with Crippen molar-refractivity contribution in [2.75, 3.05) is 19.8 Å². The van der Waals surface area contributed by atoms with Crippen LogP contribution in [0.1, 0.15) is 31.9 Å². The van der Waals surface area contributed by atoms with Gasteiger partial charge in [-0.05, 0) is 61.7 Å². The Kier molecular flexibility index (Phi) is 17.0. The second-order valence-electron chi connectivity index (χ2n) is 16.4. The molecule has 2 aromatic rings. The van der Waals surface area contributed by atoms with Crippen molar-refractivity contribution in [3.8, 4) is 23.0 Å². The molecule has 0 spiro atoms. The average molecular weight is 931 g/mol. The Morgan fingerprint density at radius 1 is 0.585 bits per heavy atom. The summed E-state index contributed by atoms with van der Waals surface area (Å²) in [4.78, 5) is 13.6. The Bertz CT molecular complexity index is 1900. The highest BCUT2D eigenvalue weighted by atomic mass is 16.8. The molecular formula is C42H58O23. The molecule has 0 amide bonds. The molecule has 0 bridgehead atoms. The summed E-state index contributed by atoms with van der Waals surface area (Å²) < 4.78 is 52.8. The number of benzene rings is 2. The van der Waals surface area contributed by atoms with Gasteiger partial charge in [-0.25, -0.2) is 4.79 Å². The third-order valence-corrected chi connectivity index (χ3v) is 11.8. The van der Waals surface area contributed by atoms with Gasteiger partial charge in [0, 0.05) is 12.0 Å². The lowest BCUT2D eigenvalue weighted by molar-refractivity contribution is -0.379. The molecule has 0 aromatic heterocycles. The molecule has 13 N–H and O–H groups in total. The second-order valence-corrected chi connectivity index (χ2v) is 16.4. The number of hydrogen-bond donors (Lipinski definition) is 13. The molecule has 4 saturated heterocycles. The van der Waals surface area contributed by atoms with E-state index in [0.717, 1.165) is 12.1 Å². The molecule has 4 aliphatic rings. The summed E-state index contributed by atoms with van der Waals surface area (Å²) in [6.07, 6.45) is -27.9. The van der Waals surface area contributed by atoms with Crippen LogP contribution in [0.4, 0.5) is 0 Å². The van der Waals surface area contributed by atoms with E-state index < -0.39 is 159 Å². The van der Waals surface area contributed by atoms with E-state index >= 15 is 0 Å². The van der Waals surface area contributed by atoms with E-state index in [1.54, 1.807) is 0 Å². The summed E-state index contributed by atoms with van der Waals surface area (Å²) in [5.74, 6) is -3.63.